The lowest BCUT2D eigenvalue weighted by Gasteiger charge is -2.10. The van der Waals surface area contributed by atoms with Crippen LogP contribution in [-0.4, -0.2) is 24.3 Å². The number of nitrogen functional groups attached to an aromatic ring is 1. The number of rotatable bonds is 4. The van der Waals surface area contributed by atoms with Gasteiger partial charge in [0.1, 0.15) is 0 Å². The van der Waals surface area contributed by atoms with Crippen LogP contribution in [0.2, 0.25) is 5.02 Å². The zero-order valence-corrected chi connectivity index (χ0v) is 9.70. The fourth-order valence-electron chi connectivity index (χ4n) is 1.07. The molecule has 0 aliphatic heterocycles. The van der Waals surface area contributed by atoms with Gasteiger partial charge in [-0.1, -0.05) is 18.5 Å². The van der Waals surface area contributed by atoms with Gasteiger partial charge in [0.25, 0.3) is 0 Å². The average Bonchev–Trinajstić information content (AvgIpc) is 2.25. The molecular formula is C11H14ClNO3. The highest BCUT2D eigenvalue weighted by molar-refractivity contribution is 6.31. The summed E-state index contributed by atoms with van der Waals surface area (Å²) in [6.45, 7) is 1.92. The van der Waals surface area contributed by atoms with Crippen LogP contribution in [0.4, 0.5) is 5.69 Å². The molecule has 1 aromatic carbocycles. The van der Waals surface area contributed by atoms with Gasteiger partial charge in [-0.05, 0) is 18.2 Å². The van der Waals surface area contributed by atoms with Crippen molar-refractivity contribution in [3.05, 3.63) is 28.8 Å². The van der Waals surface area contributed by atoms with E-state index in [1.807, 2.05) is 0 Å². The molecule has 4 nitrogen and oxygen atoms in total. The number of carbonyl (C=O) groups is 1. The molecule has 0 heterocycles. The quantitative estimate of drug-likeness (QED) is 0.624. The summed E-state index contributed by atoms with van der Waals surface area (Å²) in [5, 5.41) is 9.25. The molecule has 1 aromatic rings. The minimum Gasteiger partial charge on any atom is -0.462 e. The Morgan fingerprint density at radius 1 is 1.62 bits per heavy atom. The maximum Gasteiger partial charge on any atom is 0.340 e. The molecule has 0 spiro atoms. The number of aliphatic hydroxyl groups is 1. The van der Waals surface area contributed by atoms with Crippen LogP contribution >= 0.6 is 11.6 Å². The summed E-state index contributed by atoms with van der Waals surface area (Å²) in [6, 6.07) is 4.58. The first-order valence-corrected chi connectivity index (χ1v) is 5.25. The van der Waals surface area contributed by atoms with Gasteiger partial charge in [0.2, 0.25) is 0 Å². The van der Waals surface area contributed by atoms with E-state index in [0.29, 0.717) is 5.02 Å². The van der Waals surface area contributed by atoms with E-state index in [2.05, 4.69) is 0 Å². The number of halogens is 1. The predicted molar refractivity (Wildman–Crippen MR) is 62.4 cm³/mol. The summed E-state index contributed by atoms with van der Waals surface area (Å²) in [7, 11) is 0. The van der Waals surface area contributed by atoms with Gasteiger partial charge in [0, 0.05) is 23.2 Å². The Kier molecular flexibility index (Phi) is 4.58. The molecule has 0 fully saturated rings. The molecule has 0 aromatic heterocycles. The third-order valence-electron chi connectivity index (χ3n) is 2.04. The molecule has 1 rings (SSSR count). The van der Waals surface area contributed by atoms with E-state index in [0.717, 1.165) is 0 Å². The maximum absolute atomic E-state index is 11.6. The van der Waals surface area contributed by atoms with Gasteiger partial charge in [0.05, 0.1) is 12.2 Å². The normalized spacial score (nSPS) is 12.2. The Balaban J connectivity index is 2.66. The molecule has 0 amide bonds. The number of aliphatic hydroxyl groups excluding tert-OH is 1. The average molecular weight is 244 g/mol. The van der Waals surface area contributed by atoms with E-state index in [1.165, 1.54) is 12.1 Å². The van der Waals surface area contributed by atoms with Crippen LogP contribution in [0.15, 0.2) is 18.2 Å². The lowest BCUT2D eigenvalue weighted by Crippen LogP contribution is -2.15. The SMILES string of the molecule is CC(CO)COC(=O)c1ccc(Cl)cc1N. The first-order chi connectivity index (χ1) is 7.54. The highest BCUT2D eigenvalue weighted by atomic mass is 35.5. The van der Waals surface area contributed by atoms with Gasteiger partial charge in [-0.15, -0.1) is 0 Å². The summed E-state index contributed by atoms with van der Waals surface area (Å²) in [5.41, 5.74) is 6.20. The van der Waals surface area contributed by atoms with Crippen molar-refractivity contribution in [2.45, 2.75) is 6.92 Å². The number of esters is 1. The lowest BCUT2D eigenvalue weighted by atomic mass is 10.2. The lowest BCUT2D eigenvalue weighted by molar-refractivity contribution is 0.0406. The Bertz CT molecular complexity index is 381. The van der Waals surface area contributed by atoms with Crippen molar-refractivity contribution in [3.63, 3.8) is 0 Å². The van der Waals surface area contributed by atoms with Gasteiger partial charge in [-0.3, -0.25) is 0 Å². The second kappa shape index (κ2) is 5.72. The molecule has 0 radical (unpaired) electrons. The Morgan fingerprint density at radius 3 is 2.88 bits per heavy atom. The number of carbonyl (C=O) groups excluding carboxylic acids is 1. The summed E-state index contributed by atoms with van der Waals surface area (Å²) in [6.07, 6.45) is 0. The van der Waals surface area contributed by atoms with Crippen molar-refractivity contribution in [1.29, 1.82) is 0 Å². The van der Waals surface area contributed by atoms with Crippen molar-refractivity contribution in [2.24, 2.45) is 5.92 Å². The minimum absolute atomic E-state index is 0.0244. The van der Waals surface area contributed by atoms with E-state index in [4.69, 9.17) is 27.2 Å². The molecule has 0 saturated heterocycles. The highest BCUT2D eigenvalue weighted by Gasteiger charge is 2.12. The zero-order valence-electron chi connectivity index (χ0n) is 8.94. The smallest absolute Gasteiger partial charge is 0.340 e. The minimum atomic E-state index is -0.505. The zero-order chi connectivity index (χ0) is 12.1. The van der Waals surface area contributed by atoms with Crippen molar-refractivity contribution in [2.75, 3.05) is 18.9 Å². The highest BCUT2D eigenvalue weighted by Crippen LogP contribution is 2.18. The second-order valence-electron chi connectivity index (χ2n) is 3.62. The van der Waals surface area contributed by atoms with Crippen molar-refractivity contribution < 1.29 is 14.6 Å². The first kappa shape index (κ1) is 12.8. The summed E-state index contributed by atoms with van der Waals surface area (Å²) >= 11 is 5.71. The van der Waals surface area contributed by atoms with E-state index < -0.39 is 5.97 Å². The Labute approximate surface area is 99.0 Å². The Morgan fingerprint density at radius 2 is 2.31 bits per heavy atom. The maximum atomic E-state index is 11.6. The van der Waals surface area contributed by atoms with Crippen LogP contribution < -0.4 is 5.73 Å². The fraction of sp³-hybridized carbons (Fsp3) is 0.364. The fourth-order valence-corrected chi connectivity index (χ4v) is 1.25. The molecule has 5 heteroatoms. The number of hydrogen-bond acceptors (Lipinski definition) is 4. The number of anilines is 1. The molecule has 0 aliphatic carbocycles. The molecule has 88 valence electrons. The third-order valence-corrected chi connectivity index (χ3v) is 2.28. The van der Waals surface area contributed by atoms with Gasteiger partial charge in [-0.2, -0.15) is 0 Å². The van der Waals surface area contributed by atoms with Gasteiger partial charge in [-0.25, -0.2) is 4.79 Å². The summed E-state index contributed by atoms with van der Waals surface area (Å²) in [4.78, 5) is 11.6. The van der Waals surface area contributed by atoms with Crippen LogP contribution in [-0.2, 0) is 4.74 Å². The molecule has 1 unspecified atom stereocenters. The van der Waals surface area contributed by atoms with Gasteiger partial charge < -0.3 is 15.6 Å². The number of nitrogens with two attached hydrogens (primary N) is 1. The van der Waals surface area contributed by atoms with Crippen LogP contribution in [0.25, 0.3) is 0 Å². The molecule has 16 heavy (non-hydrogen) atoms. The second-order valence-corrected chi connectivity index (χ2v) is 4.05. The summed E-state index contributed by atoms with van der Waals surface area (Å²) < 4.78 is 4.98. The number of hydrogen-bond donors (Lipinski definition) is 2. The van der Waals surface area contributed by atoms with E-state index in [9.17, 15) is 4.79 Å². The molecule has 0 bridgehead atoms. The van der Waals surface area contributed by atoms with Crippen molar-refractivity contribution >= 4 is 23.3 Å². The topological polar surface area (TPSA) is 72.5 Å². The van der Waals surface area contributed by atoms with Crippen LogP contribution in [0, 0.1) is 5.92 Å². The Hall–Kier alpha value is -1.26. The van der Waals surface area contributed by atoms with E-state index in [1.54, 1.807) is 13.0 Å². The summed E-state index contributed by atoms with van der Waals surface area (Å²) in [5.74, 6) is -0.591. The number of benzene rings is 1. The molecular weight excluding hydrogens is 230 g/mol. The monoisotopic (exact) mass is 243 g/mol. The molecule has 0 saturated carbocycles. The van der Waals surface area contributed by atoms with Crippen LogP contribution in [0.5, 0.6) is 0 Å². The predicted octanol–water partition coefficient (Wildman–Crippen LogP) is 1.71. The molecule has 1 atom stereocenters. The standard InChI is InChI=1S/C11H14ClNO3/c1-7(5-14)6-16-11(15)9-3-2-8(12)4-10(9)13/h2-4,7,14H,5-6,13H2,1H3. The van der Waals surface area contributed by atoms with Crippen molar-refractivity contribution in [3.8, 4) is 0 Å². The van der Waals surface area contributed by atoms with Crippen molar-refractivity contribution in [1.82, 2.24) is 0 Å². The van der Waals surface area contributed by atoms with Crippen LogP contribution in [0.3, 0.4) is 0 Å². The molecule has 0 aliphatic rings. The van der Waals surface area contributed by atoms with Crippen LogP contribution in [0.1, 0.15) is 17.3 Å². The number of ether oxygens (including phenoxy) is 1. The van der Waals surface area contributed by atoms with E-state index >= 15 is 0 Å². The van der Waals surface area contributed by atoms with E-state index in [-0.39, 0.29) is 30.4 Å². The largest absolute Gasteiger partial charge is 0.462 e. The van der Waals surface area contributed by atoms with Gasteiger partial charge in [0.15, 0.2) is 0 Å². The molecule has 3 N–H and O–H groups in total. The van der Waals surface area contributed by atoms with Gasteiger partial charge >= 0.3 is 5.97 Å². The first-order valence-electron chi connectivity index (χ1n) is 4.87. The third kappa shape index (κ3) is 3.40.